The lowest BCUT2D eigenvalue weighted by atomic mass is 10.1. The summed E-state index contributed by atoms with van der Waals surface area (Å²) in [5.41, 5.74) is 1.79. The number of nitrogens with zero attached hydrogens (tertiary/aromatic N) is 1. The third-order valence-electron chi connectivity index (χ3n) is 3.99. The zero-order valence-electron chi connectivity index (χ0n) is 15.3. The highest BCUT2D eigenvalue weighted by atomic mass is 32.2. The van der Waals surface area contributed by atoms with Crippen molar-refractivity contribution in [3.05, 3.63) is 89.6 Å². The maximum absolute atomic E-state index is 13.2. The lowest BCUT2D eigenvalue weighted by molar-refractivity contribution is 0.174. The second kappa shape index (κ2) is 9.99. The molecule has 1 heterocycles. The standard InChI is InChI=1S/C21H19F2N3O2S/c22-17-8-7-15(11-18(17)23)19(27)12-25-21(28)26-16-5-3-4-14(10-16)13-29-20-6-1-2-9-24-20/h1-11,19,27H,12-13H2,(H2,25,26,28). The molecule has 0 saturated carbocycles. The van der Waals surface area contributed by atoms with Gasteiger partial charge in [-0.1, -0.05) is 24.3 Å². The number of carbonyl (C=O) groups is 1. The number of rotatable bonds is 7. The second-order valence-electron chi connectivity index (χ2n) is 6.18. The Bertz CT molecular complexity index is 973. The van der Waals surface area contributed by atoms with Crippen molar-refractivity contribution in [2.45, 2.75) is 16.9 Å². The number of aliphatic hydroxyl groups excluding tert-OH is 1. The molecule has 2 aromatic carbocycles. The fourth-order valence-corrected chi connectivity index (χ4v) is 3.34. The summed E-state index contributed by atoms with van der Waals surface area (Å²) in [4.78, 5) is 16.3. The molecule has 0 saturated heterocycles. The molecule has 3 N–H and O–H groups in total. The molecule has 150 valence electrons. The normalized spacial score (nSPS) is 11.7. The van der Waals surface area contributed by atoms with Gasteiger partial charge in [0.05, 0.1) is 11.1 Å². The van der Waals surface area contributed by atoms with Crippen LogP contribution in [0.2, 0.25) is 0 Å². The average Bonchev–Trinajstić information content (AvgIpc) is 2.73. The van der Waals surface area contributed by atoms with Crippen molar-refractivity contribution in [1.29, 1.82) is 0 Å². The van der Waals surface area contributed by atoms with Crippen molar-refractivity contribution in [2.24, 2.45) is 0 Å². The number of urea groups is 1. The molecule has 0 bridgehead atoms. The van der Waals surface area contributed by atoms with Crippen LogP contribution < -0.4 is 10.6 Å². The van der Waals surface area contributed by atoms with E-state index in [2.05, 4.69) is 15.6 Å². The first-order valence-corrected chi connectivity index (χ1v) is 9.80. The van der Waals surface area contributed by atoms with Crippen LogP contribution in [0.5, 0.6) is 0 Å². The molecule has 29 heavy (non-hydrogen) atoms. The van der Waals surface area contributed by atoms with Crippen LogP contribution in [0.4, 0.5) is 19.3 Å². The number of aliphatic hydroxyl groups is 1. The molecule has 0 aliphatic heterocycles. The number of thioether (sulfide) groups is 1. The van der Waals surface area contributed by atoms with Crippen molar-refractivity contribution in [2.75, 3.05) is 11.9 Å². The van der Waals surface area contributed by atoms with Crippen LogP contribution in [-0.4, -0.2) is 22.7 Å². The molecular formula is C21H19F2N3O2S. The maximum Gasteiger partial charge on any atom is 0.319 e. The molecule has 0 radical (unpaired) electrons. The van der Waals surface area contributed by atoms with E-state index >= 15 is 0 Å². The number of amides is 2. The van der Waals surface area contributed by atoms with Crippen LogP contribution in [0.1, 0.15) is 17.2 Å². The first-order valence-electron chi connectivity index (χ1n) is 8.82. The van der Waals surface area contributed by atoms with E-state index in [9.17, 15) is 18.7 Å². The van der Waals surface area contributed by atoms with Gasteiger partial charge in [-0.3, -0.25) is 0 Å². The molecule has 1 aromatic heterocycles. The van der Waals surface area contributed by atoms with Crippen LogP contribution in [0.15, 0.2) is 71.9 Å². The van der Waals surface area contributed by atoms with Gasteiger partial charge in [-0.2, -0.15) is 0 Å². The number of hydrogen-bond acceptors (Lipinski definition) is 4. The molecule has 1 unspecified atom stereocenters. The van der Waals surface area contributed by atoms with E-state index in [-0.39, 0.29) is 12.1 Å². The Kier molecular flexibility index (Phi) is 7.15. The Morgan fingerprint density at radius 2 is 1.93 bits per heavy atom. The zero-order valence-corrected chi connectivity index (χ0v) is 16.1. The Morgan fingerprint density at radius 1 is 1.07 bits per heavy atom. The van der Waals surface area contributed by atoms with Gasteiger partial charge in [0.1, 0.15) is 0 Å². The van der Waals surface area contributed by atoms with E-state index in [0.717, 1.165) is 22.7 Å². The van der Waals surface area contributed by atoms with E-state index in [4.69, 9.17) is 0 Å². The fraction of sp³-hybridized carbons (Fsp3) is 0.143. The van der Waals surface area contributed by atoms with Crippen molar-refractivity contribution >= 4 is 23.5 Å². The van der Waals surface area contributed by atoms with Crippen LogP contribution in [0.25, 0.3) is 0 Å². The number of anilines is 1. The quantitative estimate of drug-likeness (QED) is 0.497. The van der Waals surface area contributed by atoms with Crippen LogP contribution >= 0.6 is 11.8 Å². The molecule has 0 aliphatic carbocycles. The van der Waals surface area contributed by atoms with Crippen molar-refractivity contribution in [3.8, 4) is 0 Å². The predicted molar refractivity (Wildman–Crippen MR) is 109 cm³/mol. The van der Waals surface area contributed by atoms with E-state index in [1.807, 2.05) is 36.4 Å². The summed E-state index contributed by atoms with van der Waals surface area (Å²) in [7, 11) is 0. The van der Waals surface area contributed by atoms with Crippen LogP contribution in [-0.2, 0) is 5.75 Å². The highest BCUT2D eigenvalue weighted by Crippen LogP contribution is 2.22. The molecule has 8 heteroatoms. The van der Waals surface area contributed by atoms with Gasteiger partial charge < -0.3 is 15.7 Å². The van der Waals surface area contributed by atoms with E-state index in [1.165, 1.54) is 6.07 Å². The molecule has 3 aromatic rings. The Labute approximate surface area is 171 Å². The van der Waals surface area contributed by atoms with Crippen LogP contribution in [0, 0.1) is 11.6 Å². The summed E-state index contributed by atoms with van der Waals surface area (Å²) >= 11 is 1.59. The fourth-order valence-electron chi connectivity index (χ4n) is 2.53. The Balaban J connectivity index is 1.50. The molecule has 5 nitrogen and oxygen atoms in total. The summed E-state index contributed by atoms with van der Waals surface area (Å²) in [6.45, 7) is -0.147. The first-order chi connectivity index (χ1) is 14.0. The predicted octanol–water partition coefficient (Wildman–Crippen LogP) is 4.51. The molecule has 3 rings (SSSR count). The molecule has 0 spiro atoms. The highest BCUT2D eigenvalue weighted by Gasteiger charge is 2.12. The number of pyridine rings is 1. The third kappa shape index (κ3) is 6.27. The molecule has 1 atom stereocenters. The number of hydrogen-bond donors (Lipinski definition) is 3. The Hall–Kier alpha value is -2.97. The van der Waals surface area contributed by atoms with Gasteiger partial charge in [0.25, 0.3) is 0 Å². The number of halogens is 2. The second-order valence-corrected chi connectivity index (χ2v) is 7.18. The minimum absolute atomic E-state index is 0.147. The lowest BCUT2D eigenvalue weighted by Crippen LogP contribution is -2.32. The van der Waals surface area contributed by atoms with Crippen molar-refractivity contribution in [1.82, 2.24) is 10.3 Å². The third-order valence-corrected chi connectivity index (χ3v) is 5.01. The van der Waals surface area contributed by atoms with Gasteiger partial charge >= 0.3 is 6.03 Å². The zero-order chi connectivity index (χ0) is 20.6. The smallest absolute Gasteiger partial charge is 0.319 e. The van der Waals surface area contributed by atoms with Gasteiger partial charge in [-0.15, -0.1) is 11.8 Å². The molecular weight excluding hydrogens is 396 g/mol. The van der Waals surface area contributed by atoms with Crippen molar-refractivity contribution < 1.29 is 18.7 Å². The molecule has 0 aliphatic rings. The minimum atomic E-state index is -1.16. The molecule has 0 fully saturated rings. The summed E-state index contributed by atoms with van der Waals surface area (Å²) in [5.74, 6) is -1.35. The van der Waals surface area contributed by atoms with Gasteiger partial charge in [-0.25, -0.2) is 18.6 Å². The summed E-state index contributed by atoms with van der Waals surface area (Å²) in [6.07, 6.45) is 0.580. The summed E-state index contributed by atoms with van der Waals surface area (Å²) in [6, 6.07) is 15.7. The van der Waals surface area contributed by atoms with Crippen molar-refractivity contribution in [3.63, 3.8) is 0 Å². The van der Waals surface area contributed by atoms with Gasteiger partial charge in [0.15, 0.2) is 11.6 Å². The molecule has 2 amide bonds. The minimum Gasteiger partial charge on any atom is -0.387 e. The summed E-state index contributed by atoms with van der Waals surface area (Å²) in [5, 5.41) is 16.1. The van der Waals surface area contributed by atoms with Crippen LogP contribution in [0.3, 0.4) is 0 Å². The summed E-state index contributed by atoms with van der Waals surface area (Å²) < 4.78 is 26.2. The first kappa shape index (κ1) is 20.8. The monoisotopic (exact) mass is 415 g/mol. The highest BCUT2D eigenvalue weighted by molar-refractivity contribution is 7.98. The van der Waals surface area contributed by atoms with Gasteiger partial charge in [0, 0.05) is 24.2 Å². The topological polar surface area (TPSA) is 74.2 Å². The van der Waals surface area contributed by atoms with E-state index in [0.29, 0.717) is 11.4 Å². The maximum atomic E-state index is 13.2. The number of nitrogens with one attached hydrogen (secondary N) is 2. The van der Waals surface area contributed by atoms with E-state index in [1.54, 1.807) is 24.0 Å². The van der Waals surface area contributed by atoms with E-state index < -0.39 is 23.8 Å². The lowest BCUT2D eigenvalue weighted by Gasteiger charge is -2.13. The van der Waals surface area contributed by atoms with Gasteiger partial charge in [-0.05, 0) is 47.5 Å². The average molecular weight is 415 g/mol. The van der Waals surface area contributed by atoms with Gasteiger partial charge in [0.2, 0.25) is 0 Å². The Morgan fingerprint density at radius 3 is 2.69 bits per heavy atom. The number of benzene rings is 2. The SMILES string of the molecule is O=C(NCC(O)c1ccc(F)c(F)c1)Nc1cccc(CSc2ccccn2)c1. The largest absolute Gasteiger partial charge is 0.387 e. The number of carbonyl (C=O) groups excluding carboxylic acids is 1. The number of aromatic nitrogens is 1.